The van der Waals surface area contributed by atoms with Crippen LogP contribution in [0.4, 0.5) is 0 Å². The van der Waals surface area contributed by atoms with E-state index in [4.69, 9.17) is 0 Å². The zero-order chi connectivity index (χ0) is 22.4. The minimum absolute atomic E-state index is 0.142. The van der Waals surface area contributed by atoms with E-state index < -0.39 is 10.0 Å². The second-order valence-electron chi connectivity index (χ2n) is 7.39. The molecule has 0 bridgehead atoms. The molecular weight excluding hydrogens is 434 g/mol. The van der Waals surface area contributed by atoms with Gasteiger partial charge in [0, 0.05) is 38.3 Å². The molecule has 1 aromatic heterocycles. The summed E-state index contributed by atoms with van der Waals surface area (Å²) in [5.41, 5.74) is 0.794. The van der Waals surface area contributed by atoms with Crippen LogP contribution < -0.4 is 0 Å². The zero-order valence-corrected chi connectivity index (χ0v) is 20.1. The zero-order valence-electron chi connectivity index (χ0n) is 18.5. The number of thioether (sulfide) groups is 1. The van der Waals surface area contributed by atoms with Gasteiger partial charge in [0.2, 0.25) is 15.9 Å². The first kappa shape index (κ1) is 23.7. The molecule has 1 aliphatic rings. The van der Waals surface area contributed by atoms with Gasteiger partial charge in [-0.15, -0.1) is 10.2 Å². The lowest BCUT2D eigenvalue weighted by molar-refractivity contribution is -0.129. The molecular formula is C21H31N5O3S2. The van der Waals surface area contributed by atoms with Crippen molar-refractivity contribution in [2.45, 2.75) is 56.6 Å². The molecule has 1 saturated heterocycles. The van der Waals surface area contributed by atoms with Gasteiger partial charge in [0.25, 0.3) is 0 Å². The van der Waals surface area contributed by atoms with Crippen LogP contribution in [0, 0.1) is 0 Å². The van der Waals surface area contributed by atoms with Crippen molar-refractivity contribution >= 4 is 27.7 Å². The molecule has 10 heteroatoms. The van der Waals surface area contributed by atoms with Crippen LogP contribution in [0.25, 0.3) is 11.4 Å². The summed E-state index contributed by atoms with van der Waals surface area (Å²) in [7, 11) is -3.50. The summed E-state index contributed by atoms with van der Waals surface area (Å²) < 4.78 is 28.8. The van der Waals surface area contributed by atoms with Crippen LogP contribution in [0.2, 0.25) is 0 Å². The van der Waals surface area contributed by atoms with Crippen molar-refractivity contribution in [1.82, 2.24) is 24.0 Å². The van der Waals surface area contributed by atoms with Crippen molar-refractivity contribution in [1.29, 1.82) is 0 Å². The van der Waals surface area contributed by atoms with E-state index in [1.807, 2.05) is 30.2 Å². The fourth-order valence-electron chi connectivity index (χ4n) is 3.74. The van der Waals surface area contributed by atoms with Gasteiger partial charge in [0.05, 0.1) is 10.6 Å². The van der Waals surface area contributed by atoms with Gasteiger partial charge in [-0.1, -0.05) is 25.6 Å². The number of piperidine rings is 1. The molecule has 0 saturated carbocycles. The lowest BCUT2D eigenvalue weighted by Crippen LogP contribution is -2.36. The van der Waals surface area contributed by atoms with Crippen molar-refractivity contribution in [2.75, 3.05) is 31.9 Å². The van der Waals surface area contributed by atoms with E-state index in [9.17, 15) is 13.2 Å². The number of hydrogen-bond acceptors (Lipinski definition) is 6. The molecule has 0 N–H and O–H groups in total. The second-order valence-corrected chi connectivity index (χ2v) is 10.3. The van der Waals surface area contributed by atoms with Crippen LogP contribution in [-0.2, 0) is 21.4 Å². The highest BCUT2D eigenvalue weighted by Gasteiger charge is 2.22. The van der Waals surface area contributed by atoms with Gasteiger partial charge in [-0.2, -0.15) is 4.31 Å². The number of amides is 1. The Morgan fingerprint density at radius 2 is 1.68 bits per heavy atom. The summed E-state index contributed by atoms with van der Waals surface area (Å²) in [6.07, 6.45) is 3.34. The molecule has 0 aliphatic carbocycles. The molecule has 1 amide bonds. The largest absolute Gasteiger partial charge is 0.342 e. The molecule has 0 radical (unpaired) electrons. The third-order valence-electron chi connectivity index (χ3n) is 5.52. The highest BCUT2D eigenvalue weighted by atomic mass is 32.2. The Morgan fingerprint density at radius 1 is 1.03 bits per heavy atom. The molecule has 8 nitrogen and oxygen atoms in total. The number of nitrogens with zero attached hydrogens (tertiary/aromatic N) is 5. The number of carbonyl (C=O) groups excluding carboxylic acids is 1. The molecule has 3 rings (SSSR count). The molecule has 2 aromatic rings. The fraction of sp³-hybridized carbons (Fsp3) is 0.571. The molecule has 2 heterocycles. The molecule has 1 aliphatic heterocycles. The van der Waals surface area contributed by atoms with Crippen LogP contribution >= 0.6 is 11.8 Å². The van der Waals surface area contributed by atoms with Crippen molar-refractivity contribution in [2.24, 2.45) is 0 Å². The van der Waals surface area contributed by atoms with Crippen molar-refractivity contribution in [3.05, 3.63) is 24.3 Å². The normalized spacial score (nSPS) is 14.9. The van der Waals surface area contributed by atoms with Crippen molar-refractivity contribution in [3.63, 3.8) is 0 Å². The Balaban J connectivity index is 1.75. The quantitative estimate of drug-likeness (QED) is 0.529. The number of likely N-dealkylation sites (tertiary alicyclic amines) is 1. The Bertz CT molecular complexity index is 979. The first-order valence-electron chi connectivity index (χ1n) is 10.9. The highest BCUT2D eigenvalue weighted by molar-refractivity contribution is 7.99. The first-order chi connectivity index (χ1) is 14.9. The number of hydrogen-bond donors (Lipinski definition) is 0. The standard InChI is InChI=1S/C21H31N5O3S2/c1-4-25(5-2)31(28,29)18-12-10-17(11-13-18)20-22-23-21(26(20)6-3)30-16-19(27)24-14-8-7-9-15-24/h10-13H,4-9,14-16H2,1-3H3. The second kappa shape index (κ2) is 10.6. The van der Waals surface area contributed by atoms with Gasteiger partial charge in [0.15, 0.2) is 11.0 Å². The molecule has 31 heavy (non-hydrogen) atoms. The topological polar surface area (TPSA) is 88.4 Å². The maximum absolute atomic E-state index is 12.7. The minimum atomic E-state index is -3.50. The van der Waals surface area contributed by atoms with Crippen LogP contribution in [-0.4, -0.2) is 70.2 Å². The lowest BCUT2D eigenvalue weighted by atomic mass is 10.1. The smallest absolute Gasteiger partial charge is 0.243 e. The Kier molecular flexibility index (Phi) is 8.12. The molecule has 0 spiro atoms. The summed E-state index contributed by atoms with van der Waals surface area (Å²) in [6.45, 7) is 8.86. The maximum Gasteiger partial charge on any atom is 0.243 e. The SMILES string of the molecule is CCN(CC)S(=O)(=O)c1ccc(-c2nnc(SCC(=O)N3CCCCC3)n2CC)cc1. The van der Waals surface area contributed by atoms with Crippen LogP contribution in [0.5, 0.6) is 0 Å². The Hall–Kier alpha value is -1.91. The van der Waals surface area contributed by atoms with E-state index in [1.54, 1.807) is 24.3 Å². The molecule has 1 fully saturated rings. The van der Waals surface area contributed by atoms with E-state index >= 15 is 0 Å². The highest BCUT2D eigenvalue weighted by Crippen LogP contribution is 2.26. The molecule has 1 aromatic carbocycles. The molecule has 0 atom stereocenters. The van der Waals surface area contributed by atoms with E-state index in [1.165, 1.54) is 22.5 Å². The predicted octanol–water partition coefficient (Wildman–Crippen LogP) is 3.10. The van der Waals surface area contributed by atoms with E-state index in [2.05, 4.69) is 10.2 Å². The van der Waals surface area contributed by atoms with E-state index in [0.717, 1.165) is 31.5 Å². The monoisotopic (exact) mass is 465 g/mol. The van der Waals surface area contributed by atoms with Crippen molar-refractivity contribution in [3.8, 4) is 11.4 Å². The van der Waals surface area contributed by atoms with Crippen molar-refractivity contribution < 1.29 is 13.2 Å². The first-order valence-corrected chi connectivity index (χ1v) is 13.3. The lowest BCUT2D eigenvalue weighted by Gasteiger charge is -2.26. The number of rotatable bonds is 9. The summed E-state index contributed by atoms with van der Waals surface area (Å²) in [5, 5.41) is 9.30. The summed E-state index contributed by atoms with van der Waals surface area (Å²) in [4.78, 5) is 14.7. The van der Waals surface area contributed by atoms with Crippen LogP contribution in [0.3, 0.4) is 0 Å². The predicted molar refractivity (Wildman–Crippen MR) is 122 cm³/mol. The summed E-state index contributed by atoms with van der Waals surface area (Å²) in [5.74, 6) is 1.16. The molecule has 170 valence electrons. The van der Waals surface area contributed by atoms with Gasteiger partial charge in [-0.25, -0.2) is 8.42 Å². The van der Waals surface area contributed by atoms with Crippen LogP contribution in [0.15, 0.2) is 34.3 Å². The van der Waals surface area contributed by atoms with Crippen LogP contribution in [0.1, 0.15) is 40.0 Å². The molecule has 0 unspecified atom stereocenters. The summed E-state index contributed by atoms with van der Waals surface area (Å²) in [6, 6.07) is 6.76. The average molecular weight is 466 g/mol. The fourth-order valence-corrected chi connectivity index (χ4v) is 6.11. The number of carbonyl (C=O) groups is 1. The van der Waals surface area contributed by atoms with Gasteiger partial charge in [-0.05, 0) is 50.5 Å². The minimum Gasteiger partial charge on any atom is -0.342 e. The van der Waals surface area contributed by atoms with Gasteiger partial charge in [0.1, 0.15) is 0 Å². The number of sulfonamides is 1. The summed E-state index contributed by atoms with van der Waals surface area (Å²) >= 11 is 1.40. The Labute approximate surface area is 189 Å². The van der Waals surface area contributed by atoms with Gasteiger partial charge >= 0.3 is 0 Å². The number of aromatic nitrogens is 3. The third kappa shape index (κ3) is 5.30. The average Bonchev–Trinajstić information content (AvgIpc) is 3.21. The van der Waals surface area contributed by atoms with E-state index in [0.29, 0.717) is 36.4 Å². The number of benzene rings is 1. The van der Waals surface area contributed by atoms with E-state index in [-0.39, 0.29) is 10.8 Å². The Morgan fingerprint density at radius 3 is 2.26 bits per heavy atom. The maximum atomic E-state index is 12.7. The third-order valence-corrected chi connectivity index (χ3v) is 8.54. The van der Waals surface area contributed by atoms with Gasteiger partial charge < -0.3 is 9.47 Å². The van der Waals surface area contributed by atoms with Gasteiger partial charge in [-0.3, -0.25) is 4.79 Å².